The number of halogens is 2. The SMILES string of the molecule is CCCC[PH2]=O.Cl.Cl. The van der Waals surface area contributed by atoms with E-state index in [1.165, 1.54) is 6.42 Å². The van der Waals surface area contributed by atoms with Crippen LogP contribution in [0.2, 0.25) is 0 Å². The van der Waals surface area contributed by atoms with Gasteiger partial charge in [0.2, 0.25) is 0 Å². The van der Waals surface area contributed by atoms with Crippen molar-refractivity contribution in [1.82, 2.24) is 0 Å². The Morgan fingerprint density at radius 1 is 1.38 bits per heavy atom. The van der Waals surface area contributed by atoms with Crippen LogP contribution in [-0.2, 0) is 4.57 Å². The van der Waals surface area contributed by atoms with Gasteiger partial charge in [0.1, 0.15) is 0 Å². The molecule has 4 heteroatoms. The van der Waals surface area contributed by atoms with E-state index in [-0.39, 0.29) is 24.8 Å². The van der Waals surface area contributed by atoms with Crippen LogP contribution in [0.5, 0.6) is 0 Å². The van der Waals surface area contributed by atoms with Crippen molar-refractivity contribution in [1.29, 1.82) is 0 Å². The third kappa shape index (κ3) is 15.8. The topological polar surface area (TPSA) is 17.1 Å². The van der Waals surface area contributed by atoms with Crippen LogP contribution < -0.4 is 0 Å². The Morgan fingerprint density at radius 3 is 2.00 bits per heavy atom. The lowest BCUT2D eigenvalue weighted by Crippen LogP contribution is -1.66. The van der Waals surface area contributed by atoms with Crippen LogP contribution in [0.1, 0.15) is 19.8 Å². The fourth-order valence-corrected chi connectivity index (χ4v) is 0.862. The summed E-state index contributed by atoms with van der Waals surface area (Å²) in [6, 6.07) is 0. The summed E-state index contributed by atoms with van der Waals surface area (Å²) in [4.78, 5) is 0. The van der Waals surface area contributed by atoms with Crippen LogP contribution in [0.25, 0.3) is 0 Å². The molecule has 0 amide bonds. The lowest BCUT2D eigenvalue weighted by molar-refractivity contribution is 0.597. The van der Waals surface area contributed by atoms with Crippen LogP contribution in [0, 0.1) is 0 Å². The van der Waals surface area contributed by atoms with Gasteiger partial charge in [-0.3, -0.25) is 0 Å². The van der Waals surface area contributed by atoms with E-state index in [1.54, 1.807) is 0 Å². The molecule has 0 rings (SSSR count). The van der Waals surface area contributed by atoms with E-state index in [0.717, 1.165) is 12.6 Å². The molecule has 0 aromatic rings. The molecule has 0 N–H and O–H groups in total. The lowest BCUT2D eigenvalue weighted by atomic mass is 10.4. The number of unbranched alkanes of at least 4 members (excludes halogenated alkanes) is 1. The van der Waals surface area contributed by atoms with Gasteiger partial charge in [0, 0.05) is 0 Å². The van der Waals surface area contributed by atoms with E-state index in [4.69, 9.17) is 0 Å². The summed E-state index contributed by atoms with van der Waals surface area (Å²) in [5.74, 6) is 0. The molecular weight excluding hydrogens is 166 g/mol. The Morgan fingerprint density at radius 2 is 1.88 bits per heavy atom. The molecule has 54 valence electrons. The van der Waals surface area contributed by atoms with Crippen LogP contribution in [-0.4, -0.2) is 6.16 Å². The van der Waals surface area contributed by atoms with Crippen LogP contribution in [0.15, 0.2) is 0 Å². The molecule has 8 heavy (non-hydrogen) atoms. The molecule has 1 atom stereocenters. The Hall–Kier alpha value is 0.810. The van der Waals surface area contributed by atoms with Gasteiger partial charge in [-0.2, -0.15) is 0 Å². The molecule has 0 aromatic carbocycles. The Kier molecular flexibility index (Phi) is 31.2. The Balaban J connectivity index is -0.000000125. The molecule has 0 saturated heterocycles. The summed E-state index contributed by atoms with van der Waals surface area (Å²) in [6.45, 7) is 2.11. The molecule has 1 unspecified atom stereocenters. The maximum atomic E-state index is 9.77. The van der Waals surface area contributed by atoms with E-state index in [1.807, 2.05) is 0 Å². The molecule has 0 radical (unpaired) electrons. The van der Waals surface area contributed by atoms with Gasteiger partial charge in [0.15, 0.2) is 0 Å². The van der Waals surface area contributed by atoms with Crippen molar-refractivity contribution in [3.63, 3.8) is 0 Å². The minimum Gasteiger partial charge on any atom is -0.330 e. The van der Waals surface area contributed by atoms with Crippen molar-refractivity contribution in [3.8, 4) is 0 Å². The van der Waals surface area contributed by atoms with E-state index in [0.29, 0.717) is 0 Å². The van der Waals surface area contributed by atoms with E-state index < -0.39 is 8.46 Å². The van der Waals surface area contributed by atoms with Crippen molar-refractivity contribution < 1.29 is 4.57 Å². The Labute approximate surface area is 64.3 Å². The fourth-order valence-electron chi connectivity index (χ4n) is 0.287. The summed E-state index contributed by atoms with van der Waals surface area (Å²) in [5.41, 5.74) is 0. The highest BCUT2D eigenvalue weighted by molar-refractivity contribution is 7.23. The Bertz CT molecular complexity index is 43.0. The second kappa shape index (κ2) is 15.7. The molecule has 1 nitrogen and oxygen atoms in total. The molecule has 0 heterocycles. The first-order chi connectivity index (χ1) is 2.91. The molecule has 0 saturated carbocycles. The van der Waals surface area contributed by atoms with Crippen molar-refractivity contribution >= 4 is 33.3 Å². The molecule has 0 aromatic heterocycles. The van der Waals surface area contributed by atoms with Crippen LogP contribution in [0.4, 0.5) is 0 Å². The van der Waals surface area contributed by atoms with Crippen LogP contribution >= 0.6 is 33.3 Å². The summed E-state index contributed by atoms with van der Waals surface area (Å²) in [5, 5.41) is 0. The lowest BCUT2D eigenvalue weighted by Gasteiger charge is -1.79. The zero-order valence-electron chi connectivity index (χ0n) is 4.92. The van der Waals surface area contributed by atoms with Gasteiger partial charge in [0.25, 0.3) is 0 Å². The van der Waals surface area contributed by atoms with Crippen molar-refractivity contribution in [2.24, 2.45) is 0 Å². The maximum Gasteiger partial charge on any atom is 0.0645 e. The predicted octanol–water partition coefficient (Wildman–Crippen LogP) is 2.39. The minimum absolute atomic E-state index is 0. The number of hydrogen-bond acceptors (Lipinski definition) is 1. The van der Waals surface area contributed by atoms with E-state index in [2.05, 4.69) is 6.92 Å². The van der Waals surface area contributed by atoms with Gasteiger partial charge in [-0.25, -0.2) is 0 Å². The third-order valence-corrected chi connectivity index (χ3v) is 1.32. The first-order valence-corrected chi connectivity index (χ1v) is 3.64. The first kappa shape index (κ1) is 15.9. The maximum absolute atomic E-state index is 9.77. The average molecular weight is 179 g/mol. The second-order valence-corrected chi connectivity index (χ2v) is 2.22. The summed E-state index contributed by atoms with van der Waals surface area (Å²) in [7, 11) is -0.466. The number of hydrogen-bond donors (Lipinski definition) is 0. The highest BCUT2D eigenvalue weighted by Crippen LogP contribution is 1.96. The highest BCUT2D eigenvalue weighted by atomic mass is 35.5. The standard InChI is InChI=1S/C4H11OP.2ClH/c1-2-3-4-6-5;;/h2-4,6H2,1H3;2*1H. The zero-order chi connectivity index (χ0) is 4.83. The van der Waals surface area contributed by atoms with Crippen molar-refractivity contribution in [3.05, 3.63) is 0 Å². The van der Waals surface area contributed by atoms with Crippen LogP contribution in [0.3, 0.4) is 0 Å². The third-order valence-electron chi connectivity index (χ3n) is 0.676. The molecule has 0 aliphatic heterocycles. The molecular formula is C4H13Cl2OP. The first-order valence-electron chi connectivity index (χ1n) is 2.35. The van der Waals surface area contributed by atoms with Gasteiger partial charge in [-0.1, -0.05) is 13.3 Å². The fraction of sp³-hybridized carbons (Fsp3) is 1.00. The monoisotopic (exact) mass is 178 g/mol. The molecule has 0 spiro atoms. The van der Waals surface area contributed by atoms with Crippen molar-refractivity contribution in [2.45, 2.75) is 19.8 Å². The largest absolute Gasteiger partial charge is 0.330 e. The van der Waals surface area contributed by atoms with E-state index >= 15 is 0 Å². The van der Waals surface area contributed by atoms with E-state index in [9.17, 15) is 4.57 Å². The van der Waals surface area contributed by atoms with Gasteiger partial charge in [-0.15, -0.1) is 24.8 Å². The van der Waals surface area contributed by atoms with Gasteiger partial charge in [-0.05, 0) is 12.6 Å². The zero-order valence-corrected chi connectivity index (χ0v) is 7.71. The smallest absolute Gasteiger partial charge is 0.0645 e. The minimum atomic E-state index is -0.466. The number of rotatable bonds is 3. The predicted molar refractivity (Wildman–Crippen MR) is 44.7 cm³/mol. The summed E-state index contributed by atoms with van der Waals surface area (Å²) >= 11 is 0. The average Bonchev–Trinajstić information content (AvgIpc) is 1.61. The summed E-state index contributed by atoms with van der Waals surface area (Å²) < 4.78 is 9.77. The normalized spacial score (nSPS) is 8.12. The van der Waals surface area contributed by atoms with Crippen molar-refractivity contribution in [2.75, 3.05) is 6.16 Å². The molecule has 0 aliphatic rings. The molecule has 0 fully saturated rings. The quantitative estimate of drug-likeness (QED) is 0.480. The van der Waals surface area contributed by atoms with Gasteiger partial charge >= 0.3 is 0 Å². The van der Waals surface area contributed by atoms with Gasteiger partial charge in [0.05, 0.1) is 8.46 Å². The molecule has 0 aliphatic carbocycles. The molecule has 0 bridgehead atoms. The second-order valence-electron chi connectivity index (χ2n) is 1.31. The van der Waals surface area contributed by atoms with Gasteiger partial charge < -0.3 is 4.57 Å². The highest BCUT2D eigenvalue weighted by Gasteiger charge is 1.73. The summed E-state index contributed by atoms with van der Waals surface area (Å²) in [6.07, 6.45) is 3.25.